The Balaban J connectivity index is 2.40. The SMILES string of the molecule is CCNCc1cc(=O)[nH]c(-c2ccc(F)c(Br)c2)n1. The van der Waals surface area contributed by atoms with Crippen molar-refractivity contribution < 1.29 is 4.39 Å². The van der Waals surface area contributed by atoms with Gasteiger partial charge in [-0.05, 0) is 40.7 Å². The van der Waals surface area contributed by atoms with E-state index in [1.165, 1.54) is 12.1 Å². The molecule has 2 aromatic rings. The van der Waals surface area contributed by atoms with E-state index in [2.05, 4.69) is 31.2 Å². The molecule has 1 aromatic carbocycles. The van der Waals surface area contributed by atoms with Crippen molar-refractivity contribution in [3.63, 3.8) is 0 Å². The summed E-state index contributed by atoms with van der Waals surface area (Å²) in [5.74, 6) is 0.0796. The Hall–Kier alpha value is -1.53. The first-order chi connectivity index (χ1) is 9.10. The van der Waals surface area contributed by atoms with Crippen molar-refractivity contribution in [1.29, 1.82) is 0 Å². The molecular weight excluding hydrogens is 313 g/mol. The van der Waals surface area contributed by atoms with Crippen LogP contribution in [-0.4, -0.2) is 16.5 Å². The molecule has 1 aromatic heterocycles. The van der Waals surface area contributed by atoms with Gasteiger partial charge in [0.2, 0.25) is 0 Å². The fourth-order valence-corrected chi connectivity index (χ4v) is 2.01. The number of benzene rings is 1. The van der Waals surface area contributed by atoms with Crippen LogP contribution in [0.2, 0.25) is 0 Å². The molecule has 100 valence electrons. The number of nitrogens with one attached hydrogen (secondary N) is 2. The molecule has 0 saturated heterocycles. The van der Waals surface area contributed by atoms with Crippen molar-refractivity contribution >= 4 is 15.9 Å². The van der Waals surface area contributed by atoms with E-state index in [-0.39, 0.29) is 11.4 Å². The van der Waals surface area contributed by atoms with Crippen LogP contribution >= 0.6 is 15.9 Å². The summed E-state index contributed by atoms with van der Waals surface area (Å²) in [7, 11) is 0. The number of hydrogen-bond acceptors (Lipinski definition) is 3. The highest BCUT2D eigenvalue weighted by molar-refractivity contribution is 9.10. The minimum absolute atomic E-state index is 0.224. The average molecular weight is 326 g/mol. The second-order valence-electron chi connectivity index (χ2n) is 3.99. The zero-order valence-electron chi connectivity index (χ0n) is 10.3. The Morgan fingerprint density at radius 1 is 1.42 bits per heavy atom. The summed E-state index contributed by atoms with van der Waals surface area (Å²) >= 11 is 3.12. The van der Waals surface area contributed by atoms with Gasteiger partial charge in [-0.25, -0.2) is 9.37 Å². The second-order valence-corrected chi connectivity index (χ2v) is 4.85. The lowest BCUT2D eigenvalue weighted by atomic mass is 10.2. The predicted octanol–water partition coefficient (Wildman–Crippen LogP) is 2.45. The topological polar surface area (TPSA) is 57.8 Å². The van der Waals surface area contributed by atoms with Gasteiger partial charge in [0.1, 0.15) is 11.6 Å². The van der Waals surface area contributed by atoms with Gasteiger partial charge < -0.3 is 10.3 Å². The summed E-state index contributed by atoms with van der Waals surface area (Å²) in [4.78, 5) is 18.6. The smallest absolute Gasteiger partial charge is 0.251 e. The van der Waals surface area contributed by atoms with E-state index in [9.17, 15) is 9.18 Å². The molecule has 0 spiro atoms. The number of halogens is 2. The summed E-state index contributed by atoms with van der Waals surface area (Å²) in [6.07, 6.45) is 0. The van der Waals surface area contributed by atoms with E-state index in [0.29, 0.717) is 28.1 Å². The van der Waals surface area contributed by atoms with E-state index >= 15 is 0 Å². The molecule has 0 aliphatic carbocycles. The molecule has 0 fully saturated rings. The standard InChI is InChI=1S/C13H13BrFN3O/c1-2-16-7-9-6-12(19)18-13(17-9)8-3-4-11(15)10(14)5-8/h3-6,16H,2,7H2,1H3,(H,17,18,19). The lowest BCUT2D eigenvalue weighted by Gasteiger charge is -2.05. The van der Waals surface area contributed by atoms with Crippen LogP contribution < -0.4 is 10.9 Å². The third-order valence-electron chi connectivity index (χ3n) is 2.54. The van der Waals surface area contributed by atoms with Crippen LogP contribution in [0.4, 0.5) is 4.39 Å². The molecule has 0 amide bonds. The van der Waals surface area contributed by atoms with Crippen molar-refractivity contribution in [2.24, 2.45) is 0 Å². The van der Waals surface area contributed by atoms with Crippen molar-refractivity contribution in [3.8, 4) is 11.4 Å². The lowest BCUT2D eigenvalue weighted by Crippen LogP contribution is -2.17. The van der Waals surface area contributed by atoms with Gasteiger partial charge in [0.25, 0.3) is 5.56 Å². The zero-order chi connectivity index (χ0) is 13.8. The van der Waals surface area contributed by atoms with E-state index in [0.717, 1.165) is 6.54 Å². The number of aromatic amines is 1. The fraction of sp³-hybridized carbons (Fsp3) is 0.231. The molecular formula is C13H13BrFN3O. The Bertz CT molecular complexity index is 642. The van der Waals surface area contributed by atoms with E-state index in [4.69, 9.17) is 0 Å². The van der Waals surface area contributed by atoms with Gasteiger partial charge in [-0.15, -0.1) is 0 Å². The van der Waals surface area contributed by atoms with Crippen LogP contribution in [-0.2, 0) is 6.54 Å². The van der Waals surface area contributed by atoms with Gasteiger partial charge in [0.05, 0.1) is 10.2 Å². The second kappa shape index (κ2) is 6.08. The van der Waals surface area contributed by atoms with Crippen LogP contribution in [0.5, 0.6) is 0 Å². The lowest BCUT2D eigenvalue weighted by molar-refractivity contribution is 0.621. The summed E-state index contributed by atoms with van der Waals surface area (Å²) in [5, 5.41) is 3.11. The van der Waals surface area contributed by atoms with Crippen molar-refractivity contribution in [2.45, 2.75) is 13.5 Å². The first-order valence-corrected chi connectivity index (χ1v) is 6.66. The molecule has 0 unspecified atom stereocenters. The number of aromatic nitrogens is 2. The summed E-state index contributed by atoms with van der Waals surface area (Å²) < 4.78 is 13.5. The van der Waals surface area contributed by atoms with E-state index < -0.39 is 0 Å². The highest BCUT2D eigenvalue weighted by Gasteiger charge is 2.06. The summed E-state index contributed by atoms with van der Waals surface area (Å²) in [5.41, 5.74) is 1.09. The number of H-pyrrole nitrogens is 1. The summed E-state index contributed by atoms with van der Waals surface area (Å²) in [6.45, 7) is 3.30. The maximum atomic E-state index is 13.2. The normalized spacial score (nSPS) is 10.7. The molecule has 19 heavy (non-hydrogen) atoms. The maximum Gasteiger partial charge on any atom is 0.251 e. The first-order valence-electron chi connectivity index (χ1n) is 5.86. The molecule has 0 radical (unpaired) electrons. The van der Waals surface area contributed by atoms with Gasteiger partial charge >= 0.3 is 0 Å². The van der Waals surface area contributed by atoms with Gasteiger partial charge in [-0.3, -0.25) is 4.79 Å². The molecule has 4 nitrogen and oxygen atoms in total. The highest BCUT2D eigenvalue weighted by atomic mass is 79.9. The van der Waals surface area contributed by atoms with Crippen molar-refractivity contribution in [3.05, 3.63) is 50.6 Å². The minimum Gasteiger partial charge on any atom is -0.311 e. The predicted molar refractivity (Wildman–Crippen MR) is 75.3 cm³/mol. The zero-order valence-corrected chi connectivity index (χ0v) is 11.9. The Morgan fingerprint density at radius 3 is 2.89 bits per heavy atom. The largest absolute Gasteiger partial charge is 0.311 e. The molecule has 0 aliphatic rings. The minimum atomic E-state index is -0.352. The third kappa shape index (κ3) is 3.48. The average Bonchev–Trinajstić information content (AvgIpc) is 2.39. The van der Waals surface area contributed by atoms with Crippen molar-refractivity contribution in [2.75, 3.05) is 6.54 Å². The Kier molecular flexibility index (Phi) is 4.44. The molecule has 2 N–H and O–H groups in total. The number of nitrogens with zero attached hydrogens (tertiary/aromatic N) is 1. The number of rotatable bonds is 4. The van der Waals surface area contributed by atoms with E-state index in [1.54, 1.807) is 12.1 Å². The van der Waals surface area contributed by atoms with Crippen LogP contribution in [0.1, 0.15) is 12.6 Å². The molecule has 0 aliphatic heterocycles. The van der Waals surface area contributed by atoms with Gasteiger partial charge in [-0.1, -0.05) is 6.92 Å². The fourth-order valence-electron chi connectivity index (χ4n) is 1.63. The van der Waals surface area contributed by atoms with Gasteiger partial charge in [0.15, 0.2) is 0 Å². The summed E-state index contributed by atoms with van der Waals surface area (Å²) in [6, 6.07) is 5.95. The van der Waals surface area contributed by atoms with Crippen molar-refractivity contribution in [1.82, 2.24) is 15.3 Å². The molecule has 0 bridgehead atoms. The first kappa shape index (κ1) is 13.9. The van der Waals surface area contributed by atoms with Crippen LogP contribution in [0, 0.1) is 5.82 Å². The quantitative estimate of drug-likeness (QED) is 0.907. The number of hydrogen-bond donors (Lipinski definition) is 2. The monoisotopic (exact) mass is 325 g/mol. The molecule has 6 heteroatoms. The van der Waals surface area contributed by atoms with Crippen LogP contribution in [0.25, 0.3) is 11.4 Å². The van der Waals surface area contributed by atoms with Gasteiger partial charge in [-0.2, -0.15) is 0 Å². The van der Waals surface area contributed by atoms with Crippen LogP contribution in [0.15, 0.2) is 33.5 Å². The Morgan fingerprint density at radius 2 is 2.21 bits per heavy atom. The van der Waals surface area contributed by atoms with E-state index in [1.807, 2.05) is 6.92 Å². The van der Waals surface area contributed by atoms with Gasteiger partial charge in [0, 0.05) is 18.2 Å². The molecule has 1 heterocycles. The Labute approximate surface area is 118 Å². The highest BCUT2D eigenvalue weighted by Crippen LogP contribution is 2.22. The molecule has 0 saturated carbocycles. The third-order valence-corrected chi connectivity index (χ3v) is 3.15. The maximum absolute atomic E-state index is 13.2. The molecule has 0 atom stereocenters. The van der Waals surface area contributed by atoms with Crippen LogP contribution in [0.3, 0.4) is 0 Å². The molecule has 2 rings (SSSR count).